The molecule has 2 fully saturated rings. The molecule has 1 amide bonds. The number of hydrogen-bond donors (Lipinski definition) is 0. The first-order valence-electron chi connectivity index (χ1n) is 11.8. The summed E-state index contributed by atoms with van der Waals surface area (Å²) < 4.78 is 8.36. The van der Waals surface area contributed by atoms with E-state index in [1.54, 1.807) is 11.8 Å². The quantitative estimate of drug-likeness (QED) is 0.461. The highest BCUT2D eigenvalue weighted by atomic mass is 32.2. The van der Waals surface area contributed by atoms with Crippen LogP contribution >= 0.6 is 11.8 Å². The average Bonchev–Trinajstić information content (AvgIpc) is 3.27. The van der Waals surface area contributed by atoms with E-state index in [0.29, 0.717) is 12.2 Å². The number of hydrogen-bond acceptors (Lipinski definition) is 4. The second kappa shape index (κ2) is 10.1. The maximum Gasteiger partial charge on any atom is 0.253 e. The number of benzene rings is 1. The molecule has 5 nitrogen and oxygen atoms in total. The van der Waals surface area contributed by atoms with E-state index < -0.39 is 0 Å². The van der Waals surface area contributed by atoms with Crippen LogP contribution in [0.15, 0.2) is 59.8 Å². The van der Waals surface area contributed by atoms with Crippen LogP contribution in [0.4, 0.5) is 0 Å². The lowest BCUT2D eigenvalue weighted by atomic mass is 9.97. The molecule has 2 aromatic heterocycles. The van der Waals surface area contributed by atoms with Crippen LogP contribution in [0.5, 0.6) is 0 Å². The van der Waals surface area contributed by atoms with Crippen molar-refractivity contribution in [1.82, 2.24) is 14.3 Å². The number of likely N-dealkylation sites (tertiary alicyclic amines) is 1. The SMILES string of the molecule is O=C(c1ccc(SCc2cn3ccccc3n2)cc1)N1CCC(OC2CCCCC2)CC1. The van der Waals surface area contributed by atoms with Gasteiger partial charge in [-0.1, -0.05) is 25.3 Å². The van der Waals surface area contributed by atoms with Gasteiger partial charge in [0.15, 0.2) is 0 Å². The highest BCUT2D eigenvalue weighted by Crippen LogP contribution is 2.26. The molecule has 0 unspecified atom stereocenters. The molecule has 3 heterocycles. The monoisotopic (exact) mass is 449 g/mol. The topological polar surface area (TPSA) is 46.8 Å². The minimum Gasteiger partial charge on any atom is -0.375 e. The molecule has 3 aromatic rings. The fraction of sp³-hybridized carbons (Fsp3) is 0.462. The minimum absolute atomic E-state index is 0.137. The number of thioether (sulfide) groups is 1. The first kappa shape index (κ1) is 21.5. The van der Waals surface area contributed by atoms with Crippen LogP contribution in [0.2, 0.25) is 0 Å². The molecule has 5 rings (SSSR count). The Morgan fingerprint density at radius 1 is 0.969 bits per heavy atom. The van der Waals surface area contributed by atoms with Gasteiger partial charge in [-0.25, -0.2) is 4.98 Å². The van der Waals surface area contributed by atoms with Crippen LogP contribution < -0.4 is 0 Å². The van der Waals surface area contributed by atoms with Crippen molar-refractivity contribution in [1.29, 1.82) is 0 Å². The predicted octanol–water partition coefficient (Wildman–Crippen LogP) is 5.58. The van der Waals surface area contributed by atoms with Gasteiger partial charge in [0.2, 0.25) is 0 Å². The maximum absolute atomic E-state index is 13.0. The standard InChI is InChI=1S/C26H31N3O2S/c30-26(28-16-13-23(14-17-28)31-22-6-2-1-3-7-22)20-9-11-24(12-10-20)32-19-21-18-29-15-5-4-8-25(29)27-21/h4-5,8-12,15,18,22-23H,1-3,6-7,13-14,16-17,19H2. The second-order valence-corrected chi connectivity index (χ2v) is 9.95. The summed E-state index contributed by atoms with van der Waals surface area (Å²) in [6, 6.07) is 14.0. The van der Waals surface area contributed by atoms with Gasteiger partial charge in [0.25, 0.3) is 5.91 Å². The molecule has 32 heavy (non-hydrogen) atoms. The second-order valence-electron chi connectivity index (χ2n) is 8.90. The molecule has 168 valence electrons. The average molecular weight is 450 g/mol. The number of nitrogens with zero attached hydrogens (tertiary/aromatic N) is 3. The molecule has 0 radical (unpaired) electrons. The first-order chi connectivity index (χ1) is 15.7. The Hall–Kier alpha value is -2.31. The van der Waals surface area contributed by atoms with Crippen molar-refractivity contribution in [2.24, 2.45) is 0 Å². The summed E-state index contributed by atoms with van der Waals surface area (Å²) in [7, 11) is 0. The van der Waals surface area contributed by atoms with Crippen molar-refractivity contribution < 1.29 is 9.53 Å². The Balaban J connectivity index is 1.11. The smallest absolute Gasteiger partial charge is 0.253 e. The van der Waals surface area contributed by atoms with Gasteiger partial charge >= 0.3 is 0 Å². The van der Waals surface area contributed by atoms with Crippen LogP contribution in [0.25, 0.3) is 5.65 Å². The zero-order valence-electron chi connectivity index (χ0n) is 18.5. The highest BCUT2D eigenvalue weighted by Gasteiger charge is 2.26. The molecule has 1 aliphatic heterocycles. The summed E-state index contributed by atoms with van der Waals surface area (Å²) in [6.45, 7) is 1.58. The number of carbonyl (C=O) groups is 1. The van der Waals surface area contributed by atoms with Gasteiger partial charge < -0.3 is 14.0 Å². The third kappa shape index (κ3) is 5.18. The Morgan fingerprint density at radius 3 is 2.47 bits per heavy atom. The van der Waals surface area contributed by atoms with Crippen LogP contribution in [0.1, 0.15) is 61.0 Å². The van der Waals surface area contributed by atoms with E-state index in [1.165, 1.54) is 32.1 Å². The van der Waals surface area contributed by atoms with Gasteiger partial charge in [0.1, 0.15) is 5.65 Å². The largest absolute Gasteiger partial charge is 0.375 e. The molecule has 1 saturated heterocycles. The molecular formula is C26H31N3O2S. The van der Waals surface area contributed by atoms with Gasteiger partial charge in [0.05, 0.1) is 17.9 Å². The molecule has 0 N–H and O–H groups in total. The van der Waals surface area contributed by atoms with E-state index in [4.69, 9.17) is 4.74 Å². The fourth-order valence-electron chi connectivity index (χ4n) is 4.76. The number of imidazole rings is 1. The Labute approximate surface area is 194 Å². The van der Waals surface area contributed by atoms with Gasteiger partial charge in [-0.15, -0.1) is 11.8 Å². The van der Waals surface area contributed by atoms with Crippen molar-refractivity contribution in [2.45, 2.75) is 67.8 Å². The van der Waals surface area contributed by atoms with Crippen LogP contribution in [0.3, 0.4) is 0 Å². The van der Waals surface area contributed by atoms with Gasteiger partial charge in [-0.05, 0) is 62.1 Å². The molecule has 0 atom stereocenters. The summed E-state index contributed by atoms with van der Waals surface area (Å²) >= 11 is 1.74. The van der Waals surface area contributed by atoms with E-state index in [9.17, 15) is 4.79 Å². The van der Waals surface area contributed by atoms with Crippen LogP contribution in [0, 0.1) is 0 Å². The van der Waals surface area contributed by atoms with Crippen molar-refractivity contribution in [3.05, 3.63) is 66.1 Å². The molecule has 1 saturated carbocycles. The molecular weight excluding hydrogens is 418 g/mol. The van der Waals surface area contributed by atoms with Crippen LogP contribution in [-0.4, -0.2) is 45.5 Å². The Kier molecular flexibility index (Phi) is 6.79. The third-order valence-corrected chi connectivity index (χ3v) is 7.61. The number of carbonyl (C=O) groups excluding carboxylic acids is 1. The van der Waals surface area contributed by atoms with Crippen LogP contribution in [-0.2, 0) is 10.5 Å². The Morgan fingerprint density at radius 2 is 1.72 bits per heavy atom. The molecule has 6 heteroatoms. The molecule has 1 aromatic carbocycles. The highest BCUT2D eigenvalue weighted by molar-refractivity contribution is 7.98. The summed E-state index contributed by atoms with van der Waals surface area (Å²) in [4.78, 5) is 20.7. The predicted molar refractivity (Wildman–Crippen MR) is 128 cm³/mol. The summed E-state index contributed by atoms with van der Waals surface area (Å²) in [5, 5.41) is 0. The molecule has 2 aliphatic rings. The zero-order chi connectivity index (χ0) is 21.8. The van der Waals surface area contributed by atoms with E-state index in [0.717, 1.165) is 53.5 Å². The molecule has 0 bridgehead atoms. The van der Waals surface area contributed by atoms with Crippen molar-refractivity contribution in [3.63, 3.8) is 0 Å². The lowest BCUT2D eigenvalue weighted by Gasteiger charge is -2.35. The number of fused-ring (bicyclic) bond motifs is 1. The lowest BCUT2D eigenvalue weighted by Crippen LogP contribution is -2.42. The maximum atomic E-state index is 13.0. The number of ether oxygens (including phenoxy) is 1. The first-order valence-corrected chi connectivity index (χ1v) is 12.8. The third-order valence-electron chi connectivity index (χ3n) is 6.57. The fourth-order valence-corrected chi connectivity index (χ4v) is 5.54. The number of aromatic nitrogens is 2. The lowest BCUT2D eigenvalue weighted by molar-refractivity contribution is -0.0527. The van der Waals surface area contributed by atoms with Crippen molar-refractivity contribution >= 4 is 23.3 Å². The number of piperidine rings is 1. The molecule has 1 aliphatic carbocycles. The Bertz CT molecular complexity index is 1000. The number of pyridine rings is 1. The minimum atomic E-state index is 0.137. The summed E-state index contributed by atoms with van der Waals surface area (Å²) in [5.74, 6) is 0.946. The number of rotatable bonds is 6. The van der Waals surface area contributed by atoms with Gasteiger partial charge in [-0.3, -0.25) is 4.79 Å². The van der Waals surface area contributed by atoms with Gasteiger partial charge in [0, 0.05) is 41.7 Å². The van der Waals surface area contributed by atoms with E-state index in [1.807, 2.05) is 58.0 Å². The van der Waals surface area contributed by atoms with Gasteiger partial charge in [-0.2, -0.15) is 0 Å². The summed E-state index contributed by atoms with van der Waals surface area (Å²) in [6.07, 6.45) is 13.1. The van der Waals surface area contributed by atoms with E-state index in [-0.39, 0.29) is 5.91 Å². The number of amides is 1. The van der Waals surface area contributed by atoms with Crippen molar-refractivity contribution in [2.75, 3.05) is 13.1 Å². The van der Waals surface area contributed by atoms with E-state index in [2.05, 4.69) is 11.2 Å². The normalized spacial score (nSPS) is 18.3. The molecule has 0 spiro atoms. The summed E-state index contributed by atoms with van der Waals surface area (Å²) in [5.41, 5.74) is 2.80. The zero-order valence-corrected chi connectivity index (χ0v) is 19.3. The van der Waals surface area contributed by atoms with E-state index >= 15 is 0 Å². The van der Waals surface area contributed by atoms with Crippen molar-refractivity contribution in [3.8, 4) is 0 Å².